The van der Waals surface area contributed by atoms with Crippen LogP contribution in [-0.2, 0) is 0 Å². The number of anilines is 3. The first-order valence-corrected chi connectivity index (χ1v) is 6.11. The Balaban J connectivity index is 2.48. The van der Waals surface area contributed by atoms with E-state index in [0.29, 0.717) is 10.7 Å². The Hall–Kier alpha value is -2.41. The van der Waals surface area contributed by atoms with Crippen LogP contribution in [0.5, 0.6) is 0 Å². The molecule has 0 saturated carbocycles. The minimum Gasteiger partial charge on any atom is -0.367 e. The summed E-state index contributed by atoms with van der Waals surface area (Å²) in [6, 6.07) is 5.24. The van der Waals surface area contributed by atoms with Gasteiger partial charge < -0.3 is 10.6 Å². The van der Waals surface area contributed by atoms with Gasteiger partial charge in [0.15, 0.2) is 0 Å². The number of benzene rings is 1. The van der Waals surface area contributed by atoms with Gasteiger partial charge in [0.1, 0.15) is 6.33 Å². The first-order valence-electron chi connectivity index (χ1n) is 5.73. The van der Waals surface area contributed by atoms with Crippen LogP contribution in [0.4, 0.5) is 23.0 Å². The van der Waals surface area contributed by atoms with Crippen LogP contribution in [0.1, 0.15) is 5.56 Å². The lowest BCUT2D eigenvalue weighted by Crippen LogP contribution is -2.05. The molecule has 1 aromatic carbocycles. The molecular formula is C12H12ClN5O2. The fourth-order valence-corrected chi connectivity index (χ4v) is 1.85. The van der Waals surface area contributed by atoms with E-state index in [-0.39, 0.29) is 17.3 Å². The van der Waals surface area contributed by atoms with Crippen LogP contribution in [-0.4, -0.2) is 21.9 Å². The van der Waals surface area contributed by atoms with Gasteiger partial charge in [-0.25, -0.2) is 9.97 Å². The number of nitrogens with zero attached hydrogens (tertiary/aromatic N) is 3. The molecule has 104 valence electrons. The van der Waals surface area contributed by atoms with Gasteiger partial charge in [-0.3, -0.25) is 10.1 Å². The summed E-state index contributed by atoms with van der Waals surface area (Å²) < 4.78 is 0. The van der Waals surface area contributed by atoms with Crippen molar-refractivity contribution in [3.63, 3.8) is 0 Å². The molecule has 2 N–H and O–H groups in total. The first kappa shape index (κ1) is 14.0. The van der Waals surface area contributed by atoms with Gasteiger partial charge in [-0.05, 0) is 24.6 Å². The second-order valence-electron chi connectivity index (χ2n) is 4.01. The first-order chi connectivity index (χ1) is 9.52. The molecule has 0 amide bonds. The molecule has 20 heavy (non-hydrogen) atoms. The minimum absolute atomic E-state index is 0.111. The summed E-state index contributed by atoms with van der Waals surface area (Å²) in [5.41, 5.74) is 1.34. The zero-order chi connectivity index (χ0) is 14.7. The molecule has 0 aliphatic carbocycles. The van der Waals surface area contributed by atoms with Crippen molar-refractivity contribution in [1.82, 2.24) is 9.97 Å². The fraction of sp³-hybridized carbons (Fsp3) is 0.167. The molecule has 0 spiro atoms. The topological polar surface area (TPSA) is 93.0 Å². The van der Waals surface area contributed by atoms with Gasteiger partial charge in [0.05, 0.1) is 4.92 Å². The largest absolute Gasteiger partial charge is 0.367 e. The van der Waals surface area contributed by atoms with E-state index in [1.165, 1.54) is 6.33 Å². The monoisotopic (exact) mass is 293 g/mol. The smallest absolute Gasteiger partial charge is 0.353 e. The van der Waals surface area contributed by atoms with E-state index in [4.69, 9.17) is 11.6 Å². The van der Waals surface area contributed by atoms with Crippen LogP contribution in [0.2, 0.25) is 5.02 Å². The number of aryl methyl sites for hydroxylation is 1. The van der Waals surface area contributed by atoms with Gasteiger partial charge in [0, 0.05) is 17.8 Å². The Morgan fingerprint density at radius 2 is 2.00 bits per heavy atom. The van der Waals surface area contributed by atoms with Crippen LogP contribution in [0.25, 0.3) is 0 Å². The highest BCUT2D eigenvalue weighted by Crippen LogP contribution is 2.32. The van der Waals surface area contributed by atoms with Crippen LogP contribution in [0.3, 0.4) is 0 Å². The molecule has 2 aromatic rings. The van der Waals surface area contributed by atoms with Gasteiger partial charge in [-0.1, -0.05) is 17.7 Å². The Kier molecular flexibility index (Phi) is 3.99. The quantitative estimate of drug-likeness (QED) is 0.664. The van der Waals surface area contributed by atoms with Gasteiger partial charge in [0.2, 0.25) is 11.6 Å². The molecule has 1 aromatic heterocycles. The van der Waals surface area contributed by atoms with Gasteiger partial charge in [0.25, 0.3) is 0 Å². The number of nitrogens with one attached hydrogen (secondary N) is 2. The maximum Gasteiger partial charge on any atom is 0.353 e. The minimum atomic E-state index is -0.534. The summed E-state index contributed by atoms with van der Waals surface area (Å²) in [6.45, 7) is 1.87. The van der Waals surface area contributed by atoms with Gasteiger partial charge in [-0.15, -0.1) is 0 Å². The summed E-state index contributed by atoms with van der Waals surface area (Å²) in [7, 11) is 1.56. The molecule has 0 unspecified atom stereocenters. The number of aromatic nitrogens is 2. The Labute approximate surface area is 120 Å². The van der Waals surface area contributed by atoms with Gasteiger partial charge >= 0.3 is 5.69 Å². The number of rotatable bonds is 4. The Bertz CT molecular complexity index is 662. The van der Waals surface area contributed by atoms with Crippen LogP contribution in [0.15, 0.2) is 24.5 Å². The predicted octanol–water partition coefficient (Wildman–Crippen LogP) is 3.13. The van der Waals surface area contributed by atoms with E-state index in [2.05, 4.69) is 20.6 Å². The van der Waals surface area contributed by atoms with Crippen molar-refractivity contribution in [2.45, 2.75) is 6.92 Å². The fourth-order valence-electron chi connectivity index (χ4n) is 1.68. The normalized spacial score (nSPS) is 10.2. The zero-order valence-electron chi connectivity index (χ0n) is 10.8. The lowest BCUT2D eigenvalue weighted by molar-refractivity contribution is -0.383. The third-order valence-electron chi connectivity index (χ3n) is 2.69. The number of hydrogen-bond donors (Lipinski definition) is 2. The van der Waals surface area contributed by atoms with E-state index in [1.807, 2.05) is 13.0 Å². The molecule has 2 rings (SSSR count). The van der Waals surface area contributed by atoms with Crippen molar-refractivity contribution < 1.29 is 4.92 Å². The van der Waals surface area contributed by atoms with Crippen LogP contribution < -0.4 is 10.6 Å². The molecule has 7 nitrogen and oxygen atoms in total. The van der Waals surface area contributed by atoms with Crippen molar-refractivity contribution in [2.75, 3.05) is 17.7 Å². The molecule has 1 heterocycles. The summed E-state index contributed by atoms with van der Waals surface area (Å²) in [6.07, 6.45) is 1.25. The lowest BCUT2D eigenvalue weighted by Gasteiger charge is -2.10. The summed E-state index contributed by atoms with van der Waals surface area (Å²) in [5.74, 6) is 0.256. The molecule has 0 atom stereocenters. The van der Waals surface area contributed by atoms with Crippen LogP contribution >= 0.6 is 11.6 Å². The SMILES string of the molecule is CNc1ncnc(Nc2cc(Cl)ccc2C)c1[N+](=O)[O-]. The average Bonchev–Trinajstić information content (AvgIpc) is 2.42. The van der Waals surface area contributed by atoms with E-state index < -0.39 is 4.92 Å². The highest BCUT2D eigenvalue weighted by Gasteiger charge is 2.22. The average molecular weight is 294 g/mol. The zero-order valence-corrected chi connectivity index (χ0v) is 11.6. The third kappa shape index (κ3) is 2.77. The number of halogens is 1. The number of hydrogen-bond acceptors (Lipinski definition) is 6. The molecular weight excluding hydrogens is 282 g/mol. The summed E-state index contributed by atoms with van der Waals surface area (Å²) in [5, 5.41) is 17.3. The Morgan fingerprint density at radius 3 is 2.65 bits per heavy atom. The molecule has 8 heteroatoms. The summed E-state index contributed by atoms with van der Waals surface area (Å²) in [4.78, 5) is 18.4. The third-order valence-corrected chi connectivity index (χ3v) is 2.93. The summed E-state index contributed by atoms with van der Waals surface area (Å²) >= 11 is 5.92. The molecule has 0 radical (unpaired) electrons. The lowest BCUT2D eigenvalue weighted by atomic mass is 10.2. The predicted molar refractivity (Wildman–Crippen MR) is 77.7 cm³/mol. The van der Waals surface area contributed by atoms with Crippen molar-refractivity contribution in [3.8, 4) is 0 Å². The maximum absolute atomic E-state index is 11.2. The molecule has 0 aliphatic rings. The van der Waals surface area contributed by atoms with Crippen molar-refractivity contribution >= 4 is 34.6 Å². The molecule has 0 saturated heterocycles. The van der Waals surface area contributed by atoms with Crippen molar-refractivity contribution in [3.05, 3.63) is 45.2 Å². The van der Waals surface area contributed by atoms with E-state index in [0.717, 1.165) is 5.56 Å². The second kappa shape index (κ2) is 5.70. The number of nitro groups is 1. The van der Waals surface area contributed by atoms with E-state index in [9.17, 15) is 10.1 Å². The van der Waals surface area contributed by atoms with Crippen molar-refractivity contribution in [1.29, 1.82) is 0 Å². The molecule has 0 fully saturated rings. The molecule has 0 bridgehead atoms. The second-order valence-corrected chi connectivity index (χ2v) is 4.45. The van der Waals surface area contributed by atoms with Gasteiger partial charge in [-0.2, -0.15) is 0 Å². The van der Waals surface area contributed by atoms with Crippen LogP contribution in [0, 0.1) is 17.0 Å². The standard InChI is InChI=1S/C12H12ClN5O2/c1-7-3-4-8(13)5-9(7)17-12-10(18(19)20)11(14-2)15-6-16-12/h3-6H,1-2H3,(H2,14,15,16,17). The highest BCUT2D eigenvalue weighted by atomic mass is 35.5. The Morgan fingerprint density at radius 1 is 1.30 bits per heavy atom. The maximum atomic E-state index is 11.2. The van der Waals surface area contributed by atoms with E-state index >= 15 is 0 Å². The highest BCUT2D eigenvalue weighted by molar-refractivity contribution is 6.30. The van der Waals surface area contributed by atoms with Crippen molar-refractivity contribution in [2.24, 2.45) is 0 Å². The molecule has 0 aliphatic heterocycles. The van der Waals surface area contributed by atoms with E-state index in [1.54, 1.807) is 19.2 Å².